The van der Waals surface area contributed by atoms with Crippen molar-refractivity contribution in [2.45, 2.75) is 25.9 Å². The number of rotatable bonds is 4. The number of amides is 1. The minimum absolute atomic E-state index is 0.0219. The normalized spacial score (nSPS) is 21.0. The Kier molecular flexibility index (Phi) is 5.25. The maximum Gasteiger partial charge on any atom is 0.238 e. The quantitative estimate of drug-likeness (QED) is 0.884. The van der Waals surface area contributed by atoms with Gasteiger partial charge in [-0.05, 0) is 26.0 Å². The van der Waals surface area contributed by atoms with Crippen LogP contribution in [0.1, 0.15) is 25.5 Å². The maximum absolute atomic E-state index is 13.9. The summed E-state index contributed by atoms with van der Waals surface area (Å²) in [5.74, 6) is -1.26. The van der Waals surface area contributed by atoms with Crippen LogP contribution in [0.15, 0.2) is 18.2 Å². The van der Waals surface area contributed by atoms with Crippen LogP contribution in [0, 0.1) is 11.6 Å². The van der Waals surface area contributed by atoms with Gasteiger partial charge >= 0.3 is 0 Å². The number of hydrogen-bond donors (Lipinski definition) is 2. The monoisotopic (exact) mass is 297 g/mol. The fraction of sp³-hybridized carbons (Fsp3) is 0.533. The average Bonchev–Trinajstić information content (AvgIpc) is 2.47. The van der Waals surface area contributed by atoms with Gasteiger partial charge in [0.1, 0.15) is 17.7 Å². The lowest BCUT2D eigenvalue weighted by Crippen LogP contribution is -2.58. The molecule has 4 nitrogen and oxygen atoms in total. The van der Waals surface area contributed by atoms with E-state index in [4.69, 9.17) is 0 Å². The Bertz CT molecular complexity index is 489. The van der Waals surface area contributed by atoms with E-state index in [2.05, 4.69) is 10.6 Å². The predicted octanol–water partition coefficient (Wildman–Crippen LogP) is 1.44. The van der Waals surface area contributed by atoms with Gasteiger partial charge in [-0.2, -0.15) is 0 Å². The molecule has 1 amide bonds. The molecule has 2 N–H and O–H groups in total. The molecule has 2 unspecified atom stereocenters. The minimum Gasteiger partial charge on any atom is -0.355 e. The first-order valence-electron chi connectivity index (χ1n) is 7.24. The molecule has 2 rings (SSSR count). The van der Waals surface area contributed by atoms with E-state index in [0.717, 1.165) is 0 Å². The van der Waals surface area contributed by atoms with Crippen molar-refractivity contribution in [2.75, 3.05) is 26.2 Å². The largest absolute Gasteiger partial charge is 0.355 e. The van der Waals surface area contributed by atoms with Crippen molar-refractivity contribution >= 4 is 5.91 Å². The van der Waals surface area contributed by atoms with E-state index in [1.54, 1.807) is 6.92 Å². The first-order chi connectivity index (χ1) is 10.1. The first-order valence-corrected chi connectivity index (χ1v) is 7.24. The second-order valence-corrected chi connectivity index (χ2v) is 5.16. The molecule has 0 radical (unpaired) electrons. The van der Waals surface area contributed by atoms with Crippen molar-refractivity contribution in [3.8, 4) is 0 Å². The van der Waals surface area contributed by atoms with E-state index >= 15 is 0 Å². The van der Waals surface area contributed by atoms with E-state index in [1.165, 1.54) is 18.2 Å². The number of nitrogens with zero attached hydrogens (tertiary/aromatic N) is 1. The summed E-state index contributed by atoms with van der Waals surface area (Å²) in [7, 11) is 0. The molecule has 1 aliphatic heterocycles. The number of hydrogen-bond acceptors (Lipinski definition) is 3. The standard InChI is InChI=1S/C15H21F2N3O/c1-3-19-15(21)13-9-18-7-8-20(13)10(2)14-11(16)5-4-6-12(14)17/h4-6,10,13,18H,3,7-9H2,1-2H3,(H,19,21). The lowest BCUT2D eigenvalue weighted by Gasteiger charge is -2.39. The van der Waals surface area contributed by atoms with Gasteiger partial charge in [-0.25, -0.2) is 8.78 Å². The van der Waals surface area contributed by atoms with Crippen LogP contribution < -0.4 is 10.6 Å². The van der Waals surface area contributed by atoms with Gasteiger partial charge in [-0.1, -0.05) is 6.07 Å². The van der Waals surface area contributed by atoms with Gasteiger partial charge in [0.15, 0.2) is 0 Å². The van der Waals surface area contributed by atoms with Crippen LogP contribution in [0.25, 0.3) is 0 Å². The summed E-state index contributed by atoms with van der Waals surface area (Å²) in [6.45, 7) is 5.85. The molecule has 1 aliphatic rings. The minimum atomic E-state index is -0.573. The number of likely N-dealkylation sites (N-methyl/N-ethyl adjacent to an activating group) is 1. The summed E-state index contributed by atoms with van der Waals surface area (Å²) >= 11 is 0. The summed E-state index contributed by atoms with van der Waals surface area (Å²) in [6, 6.07) is 2.92. The molecule has 0 aromatic heterocycles. The Morgan fingerprint density at radius 2 is 2.14 bits per heavy atom. The molecule has 2 atom stereocenters. The van der Waals surface area contributed by atoms with Gasteiger partial charge in [0.25, 0.3) is 0 Å². The molecule has 1 heterocycles. The Morgan fingerprint density at radius 1 is 1.48 bits per heavy atom. The molecule has 0 spiro atoms. The summed E-state index contributed by atoms with van der Waals surface area (Å²) in [5.41, 5.74) is 0.0219. The molecule has 1 aromatic carbocycles. The second kappa shape index (κ2) is 6.95. The van der Waals surface area contributed by atoms with Crippen LogP contribution in [0.5, 0.6) is 0 Å². The zero-order valence-electron chi connectivity index (χ0n) is 12.3. The fourth-order valence-electron chi connectivity index (χ4n) is 2.79. The number of nitrogens with one attached hydrogen (secondary N) is 2. The van der Waals surface area contributed by atoms with Gasteiger partial charge in [0, 0.05) is 37.8 Å². The molecule has 21 heavy (non-hydrogen) atoms. The van der Waals surface area contributed by atoms with Crippen molar-refractivity contribution in [1.82, 2.24) is 15.5 Å². The molecule has 6 heteroatoms. The molecule has 0 aliphatic carbocycles. The summed E-state index contributed by atoms with van der Waals surface area (Å²) in [6.07, 6.45) is 0. The van der Waals surface area contributed by atoms with Crippen LogP contribution in [0.4, 0.5) is 8.78 Å². The average molecular weight is 297 g/mol. The van der Waals surface area contributed by atoms with Crippen LogP contribution >= 0.6 is 0 Å². The molecule has 116 valence electrons. The van der Waals surface area contributed by atoms with Gasteiger partial charge in [0.2, 0.25) is 5.91 Å². The highest BCUT2D eigenvalue weighted by Gasteiger charge is 2.34. The molecule has 1 saturated heterocycles. The summed E-state index contributed by atoms with van der Waals surface area (Å²) in [5, 5.41) is 5.92. The smallest absolute Gasteiger partial charge is 0.238 e. The molecule has 1 aromatic rings. The SMILES string of the molecule is CCNC(=O)C1CNCCN1C(C)c1c(F)cccc1F. The number of piperazine rings is 1. The van der Waals surface area contributed by atoms with Crippen LogP contribution in [0.2, 0.25) is 0 Å². The van der Waals surface area contributed by atoms with Crippen LogP contribution in [0.3, 0.4) is 0 Å². The number of benzene rings is 1. The van der Waals surface area contributed by atoms with Crippen molar-refractivity contribution in [3.63, 3.8) is 0 Å². The molecule has 0 bridgehead atoms. The van der Waals surface area contributed by atoms with E-state index < -0.39 is 23.7 Å². The van der Waals surface area contributed by atoms with Crippen molar-refractivity contribution in [3.05, 3.63) is 35.4 Å². The Labute approximate surface area is 123 Å². The van der Waals surface area contributed by atoms with Crippen LogP contribution in [-0.4, -0.2) is 43.0 Å². The molecule has 0 saturated carbocycles. The summed E-state index contributed by atoms with van der Waals surface area (Å²) in [4.78, 5) is 14.0. The lowest BCUT2D eigenvalue weighted by atomic mass is 10.0. The highest BCUT2D eigenvalue weighted by molar-refractivity contribution is 5.82. The third-order valence-corrected chi connectivity index (χ3v) is 3.85. The van der Waals surface area contributed by atoms with E-state index in [-0.39, 0.29) is 11.5 Å². The maximum atomic E-state index is 13.9. The number of carbonyl (C=O) groups is 1. The predicted molar refractivity (Wildman–Crippen MR) is 76.8 cm³/mol. The van der Waals surface area contributed by atoms with Gasteiger partial charge in [-0.3, -0.25) is 9.69 Å². The van der Waals surface area contributed by atoms with Gasteiger partial charge in [-0.15, -0.1) is 0 Å². The number of halogens is 2. The highest BCUT2D eigenvalue weighted by Crippen LogP contribution is 2.27. The van der Waals surface area contributed by atoms with E-state index in [9.17, 15) is 13.6 Å². The zero-order chi connectivity index (χ0) is 15.4. The van der Waals surface area contributed by atoms with Crippen LogP contribution in [-0.2, 0) is 4.79 Å². The molecule has 1 fully saturated rings. The topological polar surface area (TPSA) is 44.4 Å². The third-order valence-electron chi connectivity index (χ3n) is 3.85. The lowest BCUT2D eigenvalue weighted by molar-refractivity contribution is -0.128. The first kappa shape index (κ1) is 15.9. The van der Waals surface area contributed by atoms with Gasteiger partial charge in [0.05, 0.1) is 0 Å². The van der Waals surface area contributed by atoms with Crippen molar-refractivity contribution in [1.29, 1.82) is 0 Å². The fourth-order valence-corrected chi connectivity index (χ4v) is 2.79. The Morgan fingerprint density at radius 3 is 2.76 bits per heavy atom. The van der Waals surface area contributed by atoms with Gasteiger partial charge < -0.3 is 10.6 Å². The zero-order valence-corrected chi connectivity index (χ0v) is 12.3. The number of carbonyl (C=O) groups excluding carboxylic acids is 1. The molecular formula is C15H21F2N3O. The second-order valence-electron chi connectivity index (χ2n) is 5.16. The van der Waals surface area contributed by atoms with Crippen molar-refractivity contribution < 1.29 is 13.6 Å². The van der Waals surface area contributed by atoms with Crippen molar-refractivity contribution in [2.24, 2.45) is 0 Å². The van der Waals surface area contributed by atoms with E-state index in [1.807, 2.05) is 11.8 Å². The van der Waals surface area contributed by atoms with E-state index in [0.29, 0.717) is 26.2 Å². The Balaban J connectivity index is 2.26. The highest BCUT2D eigenvalue weighted by atomic mass is 19.1. The Hall–Kier alpha value is -1.53. The molecular weight excluding hydrogens is 276 g/mol. The summed E-state index contributed by atoms with van der Waals surface area (Å²) < 4.78 is 27.9. The third kappa shape index (κ3) is 3.39.